The molecule has 1 N–H and O–H groups in total. The topological polar surface area (TPSA) is 46.5 Å². The number of fused-ring (bicyclic) bond motifs is 1. The van der Waals surface area contributed by atoms with Crippen LogP contribution in [-0.4, -0.2) is 18.2 Å². The van der Waals surface area contributed by atoms with Gasteiger partial charge in [0.15, 0.2) is 0 Å². The van der Waals surface area contributed by atoms with Gasteiger partial charge in [0.05, 0.1) is 7.11 Å². The minimum atomic E-state index is -0.635. The Morgan fingerprint density at radius 2 is 2.19 bits per heavy atom. The van der Waals surface area contributed by atoms with Gasteiger partial charge < -0.3 is 9.84 Å². The van der Waals surface area contributed by atoms with E-state index in [-0.39, 0.29) is 23.6 Å². The van der Waals surface area contributed by atoms with Gasteiger partial charge in [-0.25, -0.2) is 9.18 Å². The molecule has 0 saturated carbocycles. The molecule has 1 aromatic rings. The summed E-state index contributed by atoms with van der Waals surface area (Å²) in [6, 6.07) is 4.46. The molecule has 3 nitrogen and oxygen atoms in total. The van der Waals surface area contributed by atoms with Gasteiger partial charge in [0.25, 0.3) is 0 Å². The normalized spacial score (nSPS) is 14.6. The Morgan fingerprint density at radius 1 is 1.44 bits per heavy atom. The molecule has 0 aromatic heterocycles. The number of hydrogen-bond acceptors (Lipinski definition) is 3. The second-order valence-corrected chi connectivity index (χ2v) is 3.58. The zero-order valence-corrected chi connectivity index (χ0v) is 8.79. The van der Waals surface area contributed by atoms with Crippen LogP contribution >= 0.6 is 0 Å². The summed E-state index contributed by atoms with van der Waals surface area (Å²) < 4.78 is 18.1. The van der Waals surface area contributed by atoms with Crippen molar-refractivity contribution in [2.24, 2.45) is 0 Å². The van der Waals surface area contributed by atoms with Crippen LogP contribution in [0.2, 0.25) is 0 Å². The zero-order valence-electron chi connectivity index (χ0n) is 8.79. The Bertz CT molecular complexity index is 477. The van der Waals surface area contributed by atoms with Crippen LogP contribution in [0.4, 0.5) is 4.39 Å². The summed E-state index contributed by atoms with van der Waals surface area (Å²) in [4.78, 5) is 11.5. The van der Waals surface area contributed by atoms with E-state index in [0.29, 0.717) is 17.5 Å². The third-order valence-electron chi connectivity index (χ3n) is 2.68. The van der Waals surface area contributed by atoms with Gasteiger partial charge in [-0.05, 0) is 23.6 Å². The maximum absolute atomic E-state index is 13.5. The lowest BCUT2D eigenvalue weighted by Gasteiger charge is -2.18. The highest BCUT2D eigenvalue weighted by Gasteiger charge is 2.26. The number of carbonyl (C=O) groups excluding carboxylic acids is 1. The average Bonchev–Trinajstić information content (AvgIpc) is 2.28. The Balaban J connectivity index is 2.61. The van der Waals surface area contributed by atoms with Gasteiger partial charge >= 0.3 is 5.97 Å². The van der Waals surface area contributed by atoms with Crippen molar-refractivity contribution in [3.05, 3.63) is 40.9 Å². The second kappa shape index (κ2) is 3.96. The van der Waals surface area contributed by atoms with Crippen molar-refractivity contribution < 1.29 is 19.0 Å². The van der Waals surface area contributed by atoms with Crippen LogP contribution < -0.4 is 0 Å². The van der Waals surface area contributed by atoms with E-state index in [2.05, 4.69) is 4.74 Å². The number of benzene rings is 1. The number of esters is 1. The van der Waals surface area contributed by atoms with E-state index in [1.807, 2.05) is 0 Å². The molecule has 84 valence electrons. The van der Waals surface area contributed by atoms with Crippen LogP contribution in [0.15, 0.2) is 24.0 Å². The molecular formula is C12H11FO3. The summed E-state index contributed by atoms with van der Waals surface area (Å²) in [5.74, 6) is -1.03. The lowest BCUT2D eigenvalue weighted by molar-refractivity contribution is -0.133. The molecule has 4 heteroatoms. The number of rotatable bonds is 1. The molecular weight excluding hydrogens is 211 g/mol. The highest BCUT2D eigenvalue weighted by atomic mass is 19.1. The van der Waals surface area contributed by atoms with Gasteiger partial charge in [-0.15, -0.1) is 0 Å². The summed E-state index contributed by atoms with van der Waals surface area (Å²) in [7, 11) is 1.23. The number of ether oxygens (including phenoxy) is 1. The van der Waals surface area contributed by atoms with Gasteiger partial charge in [-0.2, -0.15) is 0 Å². The Morgan fingerprint density at radius 3 is 2.88 bits per heavy atom. The van der Waals surface area contributed by atoms with Gasteiger partial charge in [-0.3, -0.25) is 0 Å². The van der Waals surface area contributed by atoms with Crippen molar-refractivity contribution in [2.75, 3.05) is 7.11 Å². The highest BCUT2D eigenvalue weighted by Crippen LogP contribution is 2.32. The Labute approximate surface area is 92.2 Å². The summed E-state index contributed by atoms with van der Waals surface area (Å²) in [5.41, 5.74) is 0.958. The maximum Gasteiger partial charge on any atom is 0.341 e. The molecule has 16 heavy (non-hydrogen) atoms. The lowest BCUT2D eigenvalue weighted by atomic mass is 9.89. The monoisotopic (exact) mass is 222 g/mol. The molecule has 0 bridgehead atoms. The van der Waals surface area contributed by atoms with Crippen molar-refractivity contribution in [1.82, 2.24) is 0 Å². The highest BCUT2D eigenvalue weighted by molar-refractivity contribution is 6.17. The van der Waals surface area contributed by atoms with Crippen LogP contribution in [0.1, 0.15) is 17.5 Å². The number of aliphatic hydroxyl groups excluding tert-OH is 1. The van der Waals surface area contributed by atoms with Gasteiger partial charge in [0.2, 0.25) is 0 Å². The summed E-state index contributed by atoms with van der Waals surface area (Å²) in [5, 5.41) is 9.66. The molecule has 0 radical (unpaired) electrons. The third kappa shape index (κ3) is 1.56. The minimum Gasteiger partial charge on any atom is -0.511 e. The molecule has 1 aliphatic carbocycles. The van der Waals surface area contributed by atoms with Gasteiger partial charge in [-0.1, -0.05) is 12.1 Å². The molecule has 1 aliphatic rings. The largest absolute Gasteiger partial charge is 0.511 e. The number of halogens is 1. The first-order valence-corrected chi connectivity index (χ1v) is 4.93. The van der Waals surface area contributed by atoms with Gasteiger partial charge in [0, 0.05) is 6.42 Å². The summed E-state index contributed by atoms with van der Waals surface area (Å²) in [6.45, 7) is 0. The standard InChI is InChI=1S/C12H11FO3/c1-16-12(15)11-8-3-2-4-9(13)7(8)5-6-10(11)14/h2-4,14H,5-6H2,1H3. The Kier molecular flexibility index (Phi) is 2.64. The molecule has 1 aromatic carbocycles. The first-order valence-electron chi connectivity index (χ1n) is 4.93. The zero-order chi connectivity index (χ0) is 11.7. The molecule has 0 aliphatic heterocycles. The first-order chi connectivity index (χ1) is 7.65. The van der Waals surface area contributed by atoms with Crippen molar-refractivity contribution in [3.63, 3.8) is 0 Å². The Hall–Kier alpha value is -1.84. The molecule has 0 heterocycles. The van der Waals surface area contributed by atoms with E-state index in [9.17, 15) is 14.3 Å². The molecule has 0 amide bonds. The number of methoxy groups -OCH3 is 1. The predicted octanol–water partition coefficient (Wildman–Crippen LogP) is 2.21. The maximum atomic E-state index is 13.5. The van der Waals surface area contributed by atoms with E-state index in [0.717, 1.165) is 0 Å². The van der Waals surface area contributed by atoms with Crippen molar-refractivity contribution in [1.29, 1.82) is 0 Å². The quantitative estimate of drug-likeness (QED) is 0.741. The fourth-order valence-corrected chi connectivity index (χ4v) is 1.90. The van der Waals surface area contributed by atoms with E-state index in [1.54, 1.807) is 6.07 Å². The minimum absolute atomic E-state index is 0.0371. The molecule has 0 atom stereocenters. The van der Waals surface area contributed by atoms with Gasteiger partial charge in [0.1, 0.15) is 17.1 Å². The second-order valence-electron chi connectivity index (χ2n) is 3.58. The molecule has 0 saturated heterocycles. The third-order valence-corrected chi connectivity index (χ3v) is 2.68. The van der Waals surface area contributed by atoms with Crippen molar-refractivity contribution in [3.8, 4) is 0 Å². The fourth-order valence-electron chi connectivity index (χ4n) is 1.90. The molecule has 0 spiro atoms. The lowest BCUT2D eigenvalue weighted by Crippen LogP contribution is -2.14. The first kappa shape index (κ1) is 10.7. The fraction of sp³-hybridized carbons (Fsp3) is 0.250. The van der Waals surface area contributed by atoms with E-state index in [1.165, 1.54) is 19.2 Å². The molecule has 0 unspecified atom stereocenters. The summed E-state index contributed by atoms with van der Waals surface area (Å²) >= 11 is 0. The van der Waals surface area contributed by atoms with E-state index in [4.69, 9.17) is 0 Å². The summed E-state index contributed by atoms with van der Waals surface area (Å²) in [6.07, 6.45) is 0.659. The van der Waals surface area contributed by atoms with Crippen LogP contribution in [0.25, 0.3) is 5.57 Å². The number of hydrogen-bond donors (Lipinski definition) is 1. The van der Waals surface area contributed by atoms with Crippen LogP contribution in [0.5, 0.6) is 0 Å². The van der Waals surface area contributed by atoms with Crippen LogP contribution in [0, 0.1) is 5.82 Å². The average molecular weight is 222 g/mol. The van der Waals surface area contributed by atoms with E-state index >= 15 is 0 Å². The van der Waals surface area contributed by atoms with Crippen molar-refractivity contribution >= 4 is 11.5 Å². The predicted molar refractivity (Wildman–Crippen MR) is 56.3 cm³/mol. The number of carbonyl (C=O) groups is 1. The number of aliphatic hydroxyl groups is 1. The molecule has 0 fully saturated rings. The SMILES string of the molecule is COC(=O)C1=C(O)CCc2c(F)cccc21. The van der Waals surface area contributed by atoms with E-state index < -0.39 is 5.97 Å². The smallest absolute Gasteiger partial charge is 0.341 e. The molecule has 2 rings (SSSR count). The number of allylic oxidation sites excluding steroid dienone is 1. The van der Waals surface area contributed by atoms with Crippen molar-refractivity contribution in [2.45, 2.75) is 12.8 Å². The van der Waals surface area contributed by atoms with Crippen LogP contribution in [-0.2, 0) is 16.0 Å². The van der Waals surface area contributed by atoms with Crippen LogP contribution in [0.3, 0.4) is 0 Å².